The lowest BCUT2D eigenvalue weighted by atomic mass is 10.3. The number of nitroso groups, excluding NO2 is 1. The van der Waals surface area contributed by atoms with Crippen molar-refractivity contribution in [3.63, 3.8) is 0 Å². The largest absolute Gasteiger partial charge is 0.394 e. The highest BCUT2D eigenvalue weighted by Crippen LogP contribution is 2.03. The van der Waals surface area contributed by atoms with Gasteiger partial charge in [0.1, 0.15) is 0 Å². The molecule has 5 heteroatoms. The van der Waals surface area contributed by atoms with Gasteiger partial charge in [-0.25, -0.2) is 0 Å². The Morgan fingerprint density at radius 1 is 1.80 bits per heavy atom. The molecule has 0 bridgehead atoms. The van der Waals surface area contributed by atoms with Crippen LogP contribution in [0.1, 0.15) is 0 Å². The van der Waals surface area contributed by atoms with Crippen LogP contribution in [-0.4, -0.2) is 42.5 Å². The predicted octanol–water partition coefficient (Wildman–Crippen LogP) is -0.639. The van der Waals surface area contributed by atoms with Gasteiger partial charge in [0.2, 0.25) is 0 Å². The van der Waals surface area contributed by atoms with Gasteiger partial charge >= 0.3 is 0 Å². The van der Waals surface area contributed by atoms with E-state index in [4.69, 9.17) is 9.84 Å². The molecule has 0 unspecified atom stereocenters. The van der Waals surface area contributed by atoms with Gasteiger partial charge in [-0.2, -0.15) is 0 Å². The number of nitrogens with zero attached hydrogens (tertiary/aromatic N) is 2. The molecular weight excluding hydrogens is 136 g/mol. The van der Waals surface area contributed by atoms with Gasteiger partial charge in [-0.3, -0.25) is 5.01 Å². The fourth-order valence-corrected chi connectivity index (χ4v) is 0.888. The quantitative estimate of drug-likeness (QED) is 0.526. The maximum Gasteiger partial charge on any atom is 0.0998 e. The lowest BCUT2D eigenvalue weighted by Crippen LogP contribution is -2.40. The van der Waals surface area contributed by atoms with E-state index in [-0.39, 0.29) is 12.7 Å². The van der Waals surface area contributed by atoms with Crippen molar-refractivity contribution in [2.24, 2.45) is 5.29 Å². The summed E-state index contributed by atoms with van der Waals surface area (Å²) < 4.78 is 5.07. The maximum absolute atomic E-state index is 9.96. The summed E-state index contributed by atoms with van der Waals surface area (Å²) in [4.78, 5) is 9.96. The molecule has 0 amide bonds. The van der Waals surface area contributed by atoms with E-state index in [2.05, 4.69) is 5.29 Å². The molecule has 1 fully saturated rings. The number of hydrogen-bond acceptors (Lipinski definition) is 4. The topological polar surface area (TPSA) is 62.1 Å². The number of aliphatic hydroxyl groups is 1. The van der Waals surface area contributed by atoms with Crippen molar-refractivity contribution in [2.75, 3.05) is 26.3 Å². The molecule has 0 saturated carbocycles. The van der Waals surface area contributed by atoms with Crippen molar-refractivity contribution in [1.82, 2.24) is 5.01 Å². The van der Waals surface area contributed by atoms with Gasteiger partial charge in [0.25, 0.3) is 0 Å². The lowest BCUT2D eigenvalue weighted by Gasteiger charge is -2.27. The van der Waals surface area contributed by atoms with Gasteiger partial charge < -0.3 is 9.84 Å². The molecule has 5 nitrogen and oxygen atoms in total. The van der Waals surface area contributed by atoms with Gasteiger partial charge in [-0.15, -0.1) is 4.91 Å². The van der Waals surface area contributed by atoms with E-state index >= 15 is 0 Å². The van der Waals surface area contributed by atoms with Gasteiger partial charge in [-0.1, -0.05) is 0 Å². The monoisotopic (exact) mass is 146 g/mol. The molecule has 1 rings (SSSR count). The highest BCUT2D eigenvalue weighted by molar-refractivity contribution is 4.66. The minimum atomic E-state index is -0.244. The molecule has 0 radical (unpaired) electrons. The molecule has 0 aromatic rings. The summed E-state index contributed by atoms with van der Waals surface area (Å²) in [5.74, 6) is 0. The fraction of sp³-hybridized carbons (Fsp3) is 1.00. The van der Waals surface area contributed by atoms with E-state index in [1.54, 1.807) is 0 Å². The van der Waals surface area contributed by atoms with Crippen LogP contribution >= 0.6 is 0 Å². The Bertz CT molecular complexity index is 119. The zero-order valence-corrected chi connectivity index (χ0v) is 5.56. The molecule has 0 spiro atoms. The van der Waals surface area contributed by atoms with Crippen LogP contribution in [0, 0.1) is 4.91 Å². The van der Waals surface area contributed by atoms with Crippen molar-refractivity contribution in [3.05, 3.63) is 4.91 Å². The fourth-order valence-electron chi connectivity index (χ4n) is 0.888. The van der Waals surface area contributed by atoms with Crippen LogP contribution in [0.3, 0.4) is 0 Å². The highest BCUT2D eigenvalue weighted by atomic mass is 16.5. The van der Waals surface area contributed by atoms with Gasteiger partial charge in [-0.05, 0) is 0 Å². The van der Waals surface area contributed by atoms with Crippen molar-refractivity contribution < 1.29 is 9.84 Å². The molecule has 1 heterocycles. The second-order valence-corrected chi connectivity index (χ2v) is 2.17. The first kappa shape index (κ1) is 7.43. The van der Waals surface area contributed by atoms with E-state index in [0.29, 0.717) is 19.7 Å². The summed E-state index contributed by atoms with van der Waals surface area (Å²) in [5, 5.41) is 12.7. The van der Waals surface area contributed by atoms with Crippen molar-refractivity contribution in [1.29, 1.82) is 0 Å². The first-order valence-electron chi connectivity index (χ1n) is 3.17. The molecule has 1 aliphatic rings. The summed E-state index contributed by atoms with van der Waals surface area (Å²) >= 11 is 0. The third-order valence-electron chi connectivity index (χ3n) is 1.44. The zero-order chi connectivity index (χ0) is 7.40. The van der Waals surface area contributed by atoms with Crippen LogP contribution in [0.4, 0.5) is 0 Å². The number of morpholine rings is 1. The first-order valence-corrected chi connectivity index (χ1v) is 3.17. The summed E-state index contributed by atoms with van der Waals surface area (Å²) in [6.07, 6.45) is -0.244. The Morgan fingerprint density at radius 2 is 2.60 bits per heavy atom. The SMILES string of the molecule is O=NN1CCO[C@@H](CO)C1. The number of hydrogen-bond donors (Lipinski definition) is 1. The average molecular weight is 146 g/mol. The Hall–Kier alpha value is -0.680. The van der Waals surface area contributed by atoms with Crippen LogP contribution in [0.25, 0.3) is 0 Å². The molecule has 0 aliphatic carbocycles. The summed E-state index contributed by atoms with van der Waals surface area (Å²) in [6, 6.07) is 0. The van der Waals surface area contributed by atoms with Crippen molar-refractivity contribution >= 4 is 0 Å². The molecule has 0 aromatic carbocycles. The second-order valence-electron chi connectivity index (χ2n) is 2.17. The predicted molar refractivity (Wildman–Crippen MR) is 34.2 cm³/mol. The van der Waals surface area contributed by atoms with Crippen LogP contribution in [0.2, 0.25) is 0 Å². The molecule has 1 saturated heterocycles. The standard InChI is InChI=1S/C5H10N2O3/c8-4-5-3-7(6-9)1-2-10-5/h5,8H,1-4H2/t5-/m1/s1. The maximum atomic E-state index is 9.96. The Kier molecular flexibility index (Phi) is 2.58. The summed E-state index contributed by atoms with van der Waals surface area (Å²) in [6.45, 7) is 1.35. The van der Waals surface area contributed by atoms with E-state index < -0.39 is 0 Å². The van der Waals surface area contributed by atoms with Gasteiger partial charge in [0.05, 0.1) is 37.7 Å². The van der Waals surface area contributed by atoms with Crippen molar-refractivity contribution in [3.8, 4) is 0 Å². The van der Waals surface area contributed by atoms with Gasteiger partial charge in [0, 0.05) is 0 Å². The second kappa shape index (κ2) is 3.48. The summed E-state index contributed by atoms with van der Waals surface area (Å²) in [5.41, 5.74) is 0. The summed E-state index contributed by atoms with van der Waals surface area (Å²) in [7, 11) is 0. The Balaban J connectivity index is 2.31. The Labute approximate surface area is 58.5 Å². The lowest BCUT2D eigenvalue weighted by molar-refractivity contribution is -0.0527. The average Bonchev–Trinajstić information content (AvgIpc) is 2.05. The smallest absolute Gasteiger partial charge is 0.0998 e. The third-order valence-corrected chi connectivity index (χ3v) is 1.44. The Morgan fingerprint density at radius 3 is 3.20 bits per heavy atom. The van der Waals surface area contributed by atoms with E-state index in [0.717, 1.165) is 0 Å². The van der Waals surface area contributed by atoms with Crippen LogP contribution in [0.15, 0.2) is 5.29 Å². The highest BCUT2D eigenvalue weighted by Gasteiger charge is 2.18. The van der Waals surface area contributed by atoms with Gasteiger partial charge in [0.15, 0.2) is 0 Å². The van der Waals surface area contributed by atoms with E-state index in [1.807, 2.05) is 0 Å². The zero-order valence-electron chi connectivity index (χ0n) is 5.56. The molecule has 58 valence electrons. The van der Waals surface area contributed by atoms with E-state index in [1.165, 1.54) is 5.01 Å². The minimum Gasteiger partial charge on any atom is -0.394 e. The van der Waals surface area contributed by atoms with Crippen molar-refractivity contribution in [2.45, 2.75) is 6.10 Å². The van der Waals surface area contributed by atoms with E-state index in [9.17, 15) is 4.91 Å². The van der Waals surface area contributed by atoms with Crippen LogP contribution in [-0.2, 0) is 4.74 Å². The first-order chi connectivity index (χ1) is 4.86. The molecule has 0 aromatic heterocycles. The minimum absolute atomic E-state index is 0.0496. The molecular formula is C5H10N2O3. The normalized spacial score (nSPS) is 26.5. The number of rotatable bonds is 2. The molecule has 1 N–H and O–H groups in total. The van der Waals surface area contributed by atoms with Crippen LogP contribution < -0.4 is 0 Å². The molecule has 1 atom stereocenters. The molecule has 10 heavy (non-hydrogen) atoms. The number of aliphatic hydroxyl groups excluding tert-OH is 1. The third kappa shape index (κ3) is 1.65. The number of ether oxygens (including phenoxy) is 1. The van der Waals surface area contributed by atoms with Crippen LogP contribution in [0.5, 0.6) is 0 Å². The molecule has 1 aliphatic heterocycles.